The monoisotopic (exact) mass is 333 g/mol. The zero-order valence-corrected chi connectivity index (χ0v) is 12.1. The van der Waals surface area contributed by atoms with E-state index in [1.165, 1.54) is 18.2 Å². The van der Waals surface area contributed by atoms with Crippen LogP contribution in [0.25, 0.3) is 11.1 Å². The first-order valence-electron chi connectivity index (χ1n) is 5.91. The third-order valence-electron chi connectivity index (χ3n) is 2.92. The molecule has 0 fully saturated rings. The summed E-state index contributed by atoms with van der Waals surface area (Å²) in [5.74, 6) is -0.526. The Kier molecular flexibility index (Phi) is 3.14. The maximum absolute atomic E-state index is 13.2. The molecule has 0 amide bonds. The van der Waals surface area contributed by atoms with Crippen LogP contribution in [0.3, 0.4) is 0 Å². The van der Waals surface area contributed by atoms with Gasteiger partial charge in [0.25, 0.3) is 0 Å². The molecule has 20 heavy (non-hydrogen) atoms. The van der Waals surface area contributed by atoms with Crippen molar-refractivity contribution in [2.75, 3.05) is 0 Å². The lowest BCUT2D eigenvalue weighted by atomic mass is 10.1. The summed E-state index contributed by atoms with van der Waals surface area (Å²) in [6.07, 6.45) is 0. The third-order valence-corrected chi connectivity index (χ3v) is 3.53. The first-order valence-corrected chi connectivity index (χ1v) is 6.71. The Morgan fingerprint density at radius 3 is 2.80 bits per heavy atom. The molecule has 0 aliphatic carbocycles. The first kappa shape index (κ1) is 13.0. The van der Waals surface area contributed by atoms with Gasteiger partial charge < -0.3 is 4.42 Å². The van der Waals surface area contributed by atoms with Gasteiger partial charge in [-0.25, -0.2) is 9.37 Å². The molecule has 0 aliphatic rings. The summed E-state index contributed by atoms with van der Waals surface area (Å²) in [4.78, 5) is 16.6. The molecule has 3 aromatic rings. The van der Waals surface area contributed by atoms with Gasteiger partial charge in [-0.2, -0.15) is 0 Å². The summed E-state index contributed by atoms with van der Waals surface area (Å²) in [5.41, 5.74) is 2.39. The molecule has 0 saturated carbocycles. The zero-order chi connectivity index (χ0) is 14.3. The highest BCUT2D eigenvalue weighted by Crippen LogP contribution is 2.23. The van der Waals surface area contributed by atoms with E-state index in [0.717, 1.165) is 5.69 Å². The van der Waals surface area contributed by atoms with Crippen LogP contribution in [0, 0.1) is 12.7 Å². The van der Waals surface area contributed by atoms with Gasteiger partial charge in [-0.1, -0.05) is 0 Å². The maximum Gasteiger partial charge on any atom is 0.228 e. The van der Waals surface area contributed by atoms with Gasteiger partial charge in [-0.05, 0) is 53.2 Å². The molecule has 2 aromatic heterocycles. The highest BCUT2D eigenvalue weighted by molar-refractivity contribution is 9.10. The summed E-state index contributed by atoms with van der Waals surface area (Å²) in [6, 6.07) is 9.28. The van der Waals surface area contributed by atoms with Crippen LogP contribution in [0.4, 0.5) is 4.39 Å². The minimum Gasteiger partial charge on any atom is -0.451 e. The van der Waals surface area contributed by atoms with Crippen molar-refractivity contribution >= 4 is 32.8 Å². The Morgan fingerprint density at radius 1 is 1.25 bits per heavy atom. The second-order valence-corrected chi connectivity index (χ2v) is 5.26. The van der Waals surface area contributed by atoms with Crippen LogP contribution in [0.1, 0.15) is 21.8 Å². The third kappa shape index (κ3) is 2.25. The van der Waals surface area contributed by atoms with Crippen molar-refractivity contribution < 1.29 is 13.6 Å². The van der Waals surface area contributed by atoms with E-state index in [4.69, 9.17) is 4.42 Å². The number of nitrogens with zero attached hydrogens (tertiary/aromatic N) is 1. The van der Waals surface area contributed by atoms with Gasteiger partial charge in [0.2, 0.25) is 5.78 Å². The van der Waals surface area contributed by atoms with Gasteiger partial charge in [0.15, 0.2) is 11.3 Å². The van der Waals surface area contributed by atoms with Crippen molar-refractivity contribution in [1.29, 1.82) is 0 Å². The average Bonchev–Trinajstić information content (AvgIpc) is 2.84. The lowest BCUT2D eigenvalue weighted by Gasteiger charge is -1.99. The van der Waals surface area contributed by atoms with Crippen molar-refractivity contribution in [3.05, 3.63) is 63.7 Å². The number of halogens is 2. The number of rotatable bonds is 2. The number of pyridine rings is 1. The van der Waals surface area contributed by atoms with Crippen molar-refractivity contribution in [3.8, 4) is 0 Å². The SMILES string of the molecule is Cc1ccc2oc(C(=O)c3ccc(F)c(Br)c3)cc2n1. The molecule has 0 atom stereocenters. The van der Waals surface area contributed by atoms with E-state index in [-0.39, 0.29) is 16.0 Å². The molecule has 0 N–H and O–H groups in total. The van der Waals surface area contributed by atoms with Crippen LogP contribution in [0.5, 0.6) is 0 Å². The van der Waals surface area contributed by atoms with Crippen molar-refractivity contribution in [1.82, 2.24) is 4.98 Å². The van der Waals surface area contributed by atoms with Crippen molar-refractivity contribution in [3.63, 3.8) is 0 Å². The number of aromatic nitrogens is 1. The largest absolute Gasteiger partial charge is 0.451 e. The molecule has 5 heteroatoms. The number of aryl methyl sites for hydroxylation is 1. The van der Waals surface area contributed by atoms with E-state index in [9.17, 15) is 9.18 Å². The highest BCUT2D eigenvalue weighted by atomic mass is 79.9. The minimum atomic E-state index is -0.413. The minimum absolute atomic E-state index is 0.191. The molecule has 3 rings (SSSR count). The quantitative estimate of drug-likeness (QED) is 0.658. The number of ketones is 1. The Balaban J connectivity index is 2.05. The lowest BCUT2D eigenvalue weighted by molar-refractivity contribution is 0.101. The highest BCUT2D eigenvalue weighted by Gasteiger charge is 2.16. The Hall–Kier alpha value is -2.01. The normalized spacial score (nSPS) is 10.9. The van der Waals surface area contributed by atoms with E-state index in [1.54, 1.807) is 12.1 Å². The zero-order valence-electron chi connectivity index (χ0n) is 10.5. The number of hydrogen-bond acceptors (Lipinski definition) is 3. The number of furan rings is 1. The fraction of sp³-hybridized carbons (Fsp3) is 0.0667. The molecule has 1 aromatic carbocycles. The van der Waals surface area contributed by atoms with Crippen LogP contribution in [0.15, 0.2) is 45.3 Å². The number of fused-ring (bicyclic) bond motifs is 1. The van der Waals surface area contributed by atoms with Crippen LogP contribution in [0.2, 0.25) is 0 Å². The molecule has 0 bridgehead atoms. The van der Waals surface area contributed by atoms with E-state index < -0.39 is 5.82 Å². The second kappa shape index (κ2) is 4.83. The number of carbonyl (C=O) groups excluding carboxylic acids is 1. The Morgan fingerprint density at radius 2 is 2.05 bits per heavy atom. The summed E-state index contributed by atoms with van der Waals surface area (Å²) in [6.45, 7) is 1.87. The van der Waals surface area contributed by atoms with Gasteiger partial charge in [-0.15, -0.1) is 0 Å². The number of benzene rings is 1. The molecule has 0 unspecified atom stereocenters. The molecular weight excluding hydrogens is 325 g/mol. The summed E-state index contributed by atoms with van der Waals surface area (Å²) < 4.78 is 18.9. The molecule has 0 spiro atoms. The van der Waals surface area contributed by atoms with Gasteiger partial charge in [0.05, 0.1) is 4.47 Å². The molecular formula is C15H9BrFNO2. The molecule has 0 radical (unpaired) electrons. The summed E-state index contributed by atoms with van der Waals surface area (Å²) in [7, 11) is 0. The van der Waals surface area contributed by atoms with E-state index in [1.807, 2.05) is 13.0 Å². The molecule has 3 nitrogen and oxygen atoms in total. The van der Waals surface area contributed by atoms with Crippen LogP contribution < -0.4 is 0 Å². The van der Waals surface area contributed by atoms with Gasteiger partial charge >= 0.3 is 0 Å². The summed E-state index contributed by atoms with van der Waals surface area (Å²) >= 11 is 3.06. The van der Waals surface area contributed by atoms with Crippen molar-refractivity contribution in [2.45, 2.75) is 6.92 Å². The lowest BCUT2D eigenvalue weighted by Crippen LogP contribution is -1.99. The average molecular weight is 334 g/mol. The first-order chi connectivity index (χ1) is 9.54. The molecule has 2 heterocycles. The Labute approximate surface area is 122 Å². The fourth-order valence-corrected chi connectivity index (χ4v) is 2.30. The maximum atomic E-state index is 13.2. The second-order valence-electron chi connectivity index (χ2n) is 4.40. The van der Waals surface area contributed by atoms with E-state index >= 15 is 0 Å². The smallest absolute Gasteiger partial charge is 0.228 e. The van der Waals surface area contributed by atoms with E-state index in [2.05, 4.69) is 20.9 Å². The van der Waals surface area contributed by atoms with Gasteiger partial charge in [-0.3, -0.25) is 4.79 Å². The number of carbonyl (C=O) groups is 1. The summed E-state index contributed by atoms with van der Waals surface area (Å²) in [5, 5.41) is 0. The predicted octanol–water partition coefficient (Wildman–Crippen LogP) is 4.27. The van der Waals surface area contributed by atoms with Crippen LogP contribution in [-0.2, 0) is 0 Å². The van der Waals surface area contributed by atoms with Gasteiger partial charge in [0.1, 0.15) is 11.3 Å². The van der Waals surface area contributed by atoms with Crippen molar-refractivity contribution in [2.24, 2.45) is 0 Å². The molecule has 0 aliphatic heterocycles. The fourth-order valence-electron chi connectivity index (χ4n) is 1.92. The van der Waals surface area contributed by atoms with E-state index in [0.29, 0.717) is 16.7 Å². The standard InChI is InChI=1S/C15H9BrFNO2/c1-8-2-5-13-12(18-8)7-14(20-13)15(19)9-3-4-11(17)10(16)6-9/h2-7H,1H3. The molecule has 0 saturated heterocycles. The predicted molar refractivity (Wildman–Crippen MR) is 76.3 cm³/mol. The number of hydrogen-bond donors (Lipinski definition) is 0. The topological polar surface area (TPSA) is 43.1 Å². The molecule has 100 valence electrons. The van der Waals surface area contributed by atoms with Gasteiger partial charge in [0, 0.05) is 17.3 Å². The van der Waals surface area contributed by atoms with Crippen LogP contribution >= 0.6 is 15.9 Å². The van der Waals surface area contributed by atoms with Crippen LogP contribution in [-0.4, -0.2) is 10.8 Å². The Bertz CT molecular complexity index is 826.